The van der Waals surface area contributed by atoms with E-state index >= 15 is 0 Å². The fraction of sp³-hybridized carbons (Fsp3) is 0.643. The number of rotatable bonds is 5. The highest BCUT2D eigenvalue weighted by Gasteiger charge is 2.25. The van der Waals surface area contributed by atoms with E-state index in [2.05, 4.69) is 10.3 Å². The summed E-state index contributed by atoms with van der Waals surface area (Å²) in [6, 6.07) is 5.99. The van der Waals surface area contributed by atoms with E-state index in [0.717, 1.165) is 37.3 Å². The van der Waals surface area contributed by atoms with Crippen LogP contribution in [0.1, 0.15) is 24.2 Å². The number of nitrogens with zero attached hydrogens (tertiary/aromatic N) is 2. The van der Waals surface area contributed by atoms with E-state index in [1.165, 1.54) is 6.26 Å². The van der Waals surface area contributed by atoms with Gasteiger partial charge in [0.15, 0.2) is 0 Å². The van der Waals surface area contributed by atoms with Crippen molar-refractivity contribution in [3.05, 3.63) is 29.6 Å². The molecule has 0 amide bonds. The SMILES string of the molecule is Cc1cccc(CNCC2CCCN(S(C)(=O)=O)C2)n1. The maximum absolute atomic E-state index is 11.6. The molecule has 20 heavy (non-hydrogen) atoms. The summed E-state index contributed by atoms with van der Waals surface area (Å²) in [7, 11) is -3.05. The predicted molar refractivity (Wildman–Crippen MR) is 79.8 cm³/mol. The van der Waals surface area contributed by atoms with Gasteiger partial charge in [-0.15, -0.1) is 0 Å². The molecule has 6 heteroatoms. The highest BCUT2D eigenvalue weighted by atomic mass is 32.2. The van der Waals surface area contributed by atoms with Crippen molar-refractivity contribution >= 4 is 10.0 Å². The van der Waals surface area contributed by atoms with Crippen LogP contribution < -0.4 is 5.32 Å². The van der Waals surface area contributed by atoms with E-state index in [4.69, 9.17) is 0 Å². The lowest BCUT2D eigenvalue weighted by Crippen LogP contribution is -2.42. The average molecular weight is 297 g/mol. The van der Waals surface area contributed by atoms with Crippen LogP contribution in [-0.4, -0.2) is 43.6 Å². The van der Waals surface area contributed by atoms with Crippen LogP contribution in [0.25, 0.3) is 0 Å². The van der Waals surface area contributed by atoms with Crippen molar-refractivity contribution in [1.82, 2.24) is 14.6 Å². The summed E-state index contributed by atoms with van der Waals surface area (Å²) in [4.78, 5) is 4.44. The number of pyridine rings is 1. The first-order valence-electron chi connectivity index (χ1n) is 7.03. The molecule has 1 fully saturated rings. The van der Waals surface area contributed by atoms with E-state index in [-0.39, 0.29) is 0 Å². The summed E-state index contributed by atoms with van der Waals surface area (Å²) in [5.74, 6) is 0.392. The van der Waals surface area contributed by atoms with Crippen LogP contribution in [-0.2, 0) is 16.6 Å². The molecule has 5 nitrogen and oxygen atoms in total. The van der Waals surface area contributed by atoms with Gasteiger partial charge in [-0.05, 0) is 44.4 Å². The summed E-state index contributed by atoms with van der Waals surface area (Å²) in [6.07, 6.45) is 3.32. The van der Waals surface area contributed by atoms with Crippen molar-refractivity contribution in [3.8, 4) is 0 Å². The smallest absolute Gasteiger partial charge is 0.211 e. The molecule has 0 spiro atoms. The van der Waals surface area contributed by atoms with Crippen LogP contribution in [0.5, 0.6) is 0 Å². The Balaban J connectivity index is 1.79. The third-order valence-corrected chi connectivity index (χ3v) is 4.91. The normalized spacial score (nSPS) is 21.0. The van der Waals surface area contributed by atoms with Crippen LogP contribution in [0.15, 0.2) is 18.2 Å². The second kappa shape index (κ2) is 6.65. The van der Waals surface area contributed by atoms with Crippen LogP contribution in [0, 0.1) is 12.8 Å². The molecule has 1 N–H and O–H groups in total. The number of aromatic nitrogens is 1. The quantitative estimate of drug-likeness (QED) is 0.885. The minimum absolute atomic E-state index is 0.392. The molecule has 112 valence electrons. The fourth-order valence-corrected chi connectivity index (χ4v) is 3.54. The minimum atomic E-state index is -3.05. The zero-order chi connectivity index (χ0) is 14.6. The Hall–Kier alpha value is -0.980. The van der Waals surface area contributed by atoms with Gasteiger partial charge in [0.05, 0.1) is 11.9 Å². The van der Waals surface area contributed by atoms with Gasteiger partial charge in [0, 0.05) is 25.3 Å². The second-order valence-corrected chi connectivity index (χ2v) is 7.51. The maximum atomic E-state index is 11.6. The van der Waals surface area contributed by atoms with Gasteiger partial charge >= 0.3 is 0 Å². The van der Waals surface area contributed by atoms with Crippen LogP contribution >= 0.6 is 0 Å². The van der Waals surface area contributed by atoms with E-state index in [1.807, 2.05) is 25.1 Å². The summed E-state index contributed by atoms with van der Waals surface area (Å²) in [6.45, 7) is 4.84. The molecule has 2 rings (SSSR count). The van der Waals surface area contributed by atoms with Gasteiger partial charge in [0.25, 0.3) is 0 Å². The van der Waals surface area contributed by atoms with Gasteiger partial charge in [-0.3, -0.25) is 4.98 Å². The molecule has 0 aromatic carbocycles. The average Bonchev–Trinajstić information content (AvgIpc) is 2.38. The molecule has 0 bridgehead atoms. The van der Waals surface area contributed by atoms with Crippen molar-refractivity contribution in [3.63, 3.8) is 0 Å². The van der Waals surface area contributed by atoms with Crippen molar-refractivity contribution in [2.45, 2.75) is 26.3 Å². The van der Waals surface area contributed by atoms with E-state index in [9.17, 15) is 8.42 Å². The highest BCUT2D eigenvalue weighted by molar-refractivity contribution is 7.88. The van der Waals surface area contributed by atoms with Crippen molar-refractivity contribution in [1.29, 1.82) is 0 Å². The molecule has 0 radical (unpaired) electrons. The first kappa shape index (κ1) is 15.4. The predicted octanol–water partition coefficient (Wildman–Crippen LogP) is 1.15. The molecule has 1 atom stereocenters. The third-order valence-electron chi connectivity index (χ3n) is 3.64. The second-order valence-electron chi connectivity index (χ2n) is 5.53. The molecule has 2 heterocycles. The molecule has 1 saturated heterocycles. The van der Waals surface area contributed by atoms with Crippen LogP contribution in [0.4, 0.5) is 0 Å². The summed E-state index contributed by atoms with van der Waals surface area (Å²) in [5, 5.41) is 3.39. The Morgan fingerprint density at radius 3 is 2.95 bits per heavy atom. The third kappa shape index (κ3) is 4.54. The van der Waals surface area contributed by atoms with Gasteiger partial charge in [0.2, 0.25) is 10.0 Å². The molecular weight excluding hydrogens is 274 g/mol. The summed E-state index contributed by atoms with van der Waals surface area (Å²) in [5.41, 5.74) is 2.05. The summed E-state index contributed by atoms with van der Waals surface area (Å²) < 4.78 is 24.7. The minimum Gasteiger partial charge on any atom is -0.311 e. The lowest BCUT2D eigenvalue weighted by atomic mass is 10.00. The van der Waals surface area contributed by atoms with Gasteiger partial charge in [0.1, 0.15) is 0 Å². The number of piperidine rings is 1. The van der Waals surface area contributed by atoms with Crippen LogP contribution in [0.3, 0.4) is 0 Å². The van der Waals surface area contributed by atoms with Gasteiger partial charge < -0.3 is 5.32 Å². The topological polar surface area (TPSA) is 62.3 Å². The van der Waals surface area contributed by atoms with Gasteiger partial charge in [-0.25, -0.2) is 12.7 Å². The Morgan fingerprint density at radius 2 is 2.25 bits per heavy atom. The molecule has 1 aromatic rings. The van der Waals surface area contributed by atoms with E-state index < -0.39 is 10.0 Å². The molecule has 0 saturated carbocycles. The van der Waals surface area contributed by atoms with Crippen molar-refractivity contribution < 1.29 is 8.42 Å². The highest BCUT2D eigenvalue weighted by Crippen LogP contribution is 2.18. The number of hydrogen-bond acceptors (Lipinski definition) is 4. The first-order valence-corrected chi connectivity index (χ1v) is 8.88. The Bertz CT molecular complexity index is 545. The van der Waals surface area contributed by atoms with Crippen molar-refractivity contribution in [2.24, 2.45) is 5.92 Å². The maximum Gasteiger partial charge on any atom is 0.211 e. The largest absolute Gasteiger partial charge is 0.311 e. The zero-order valence-electron chi connectivity index (χ0n) is 12.2. The fourth-order valence-electron chi connectivity index (χ4n) is 2.60. The number of nitrogens with one attached hydrogen (secondary N) is 1. The number of hydrogen-bond donors (Lipinski definition) is 1. The molecule has 1 aromatic heterocycles. The number of aryl methyl sites for hydroxylation is 1. The van der Waals surface area contributed by atoms with Gasteiger partial charge in [-0.2, -0.15) is 0 Å². The lowest BCUT2D eigenvalue weighted by Gasteiger charge is -2.31. The molecule has 1 aliphatic rings. The lowest BCUT2D eigenvalue weighted by molar-refractivity contribution is 0.261. The van der Waals surface area contributed by atoms with Gasteiger partial charge in [-0.1, -0.05) is 6.07 Å². The Labute approximate surface area is 121 Å². The summed E-state index contributed by atoms with van der Waals surface area (Å²) >= 11 is 0. The van der Waals surface area contributed by atoms with E-state index in [0.29, 0.717) is 19.0 Å². The molecule has 0 aliphatic carbocycles. The monoisotopic (exact) mass is 297 g/mol. The first-order chi connectivity index (χ1) is 9.45. The molecule has 1 unspecified atom stereocenters. The number of sulfonamides is 1. The van der Waals surface area contributed by atoms with E-state index in [1.54, 1.807) is 4.31 Å². The Morgan fingerprint density at radius 1 is 1.45 bits per heavy atom. The molecule has 1 aliphatic heterocycles. The van der Waals surface area contributed by atoms with Crippen LogP contribution in [0.2, 0.25) is 0 Å². The standard InChI is InChI=1S/C14H23N3O2S/c1-12-5-3-7-14(16-12)10-15-9-13-6-4-8-17(11-13)20(2,18)19/h3,5,7,13,15H,4,6,8-11H2,1-2H3. The van der Waals surface area contributed by atoms with Crippen molar-refractivity contribution in [2.75, 3.05) is 25.9 Å². The zero-order valence-corrected chi connectivity index (χ0v) is 13.0. The molecular formula is C14H23N3O2S. The Kier molecular flexibility index (Phi) is 5.12.